The lowest BCUT2D eigenvalue weighted by Crippen LogP contribution is -2.37. The highest BCUT2D eigenvalue weighted by Gasteiger charge is 2.24. The van der Waals surface area contributed by atoms with Gasteiger partial charge in [0.15, 0.2) is 0 Å². The average molecular weight is 384 g/mol. The van der Waals surface area contributed by atoms with Crippen LogP contribution in [0.4, 0.5) is 0 Å². The number of hydrogen-bond acceptors (Lipinski definition) is 5. The van der Waals surface area contributed by atoms with Crippen LogP contribution < -0.4 is 5.32 Å². The second-order valence-electron chi connectivity index (χ2n) is 7.45. The van der Waals surface area contributed by atoms with Crippen LogP contribution in [0.2, 0.25) is 0 Å². The minimum Gasteiger partial charge on any atom is -0.354 e. The van der Waals surface area contributed by atoms with E-state index in [1.807, 2.05) is 29.8 Å². The Morgan fingerprint density at radius 1 is 1.26 bits per heavy atom. The van der Waals surface area contributed by atoms with Crippen LogP contribution in [0.25, 0.3) is 11.4 Å². The fourth-order valence-electron chi connectivity index (χ4n) is 3.26. The summed E-state index contributed by atoms with van der Waals surface area (Å²) in [5.74, 6) is 1.06. The fourth-order valence-corrected chi connectivity index (χ4v) is 3.89. The second-order valence-corrected chi connectivity index (χ2v) is 8.23. The second kappa shape index (κ2) is 8.48. The van der Waals surface area contributed by atoms with Crippen molar-refractivity contribution >= 4 is 17.2 Å². The van der Waals surface area contributed by atoms with Gasteiger partial charge >= 0.3 is 0 Å². The van der Waals surface area contributed by atoms with E-state index in [-0.39, 0.29) is 17.4 Å². The minimum atomic E-state index is -0.00409. The molecule has 27 heavy (non-hydrogen) atoms. The van der Waals surface area contributed by atoms with Crippen LogP contribution in [0.5, 0.6) is 0 Å². The van der Waals surface area contributed by atoms with E-state index < -0.39 is 0 Å². The Morgan fingerprint density at radius 2 is 2.04 bits per heavy atom. The molecule has 0 bridgehead atoms. The molecule has 0 aliphatic rings. The molecule has 1 aromatic carbocycles. The van der Waals surface area contributed by atoms with Crippen molar-refractivity contribution in [2.24, 2.45) is 0 Å². The van der Waals surface area contributed by atoms with Crippen molar-refractivity contribution in [1.82, 2.24) is 15.5 Å². The SMILES string of the molecule is CC(CC(C)(C)c1ccccc1)NC(=O)CCc1nc(-c2ccsc2)no1. The predicted octanol–water partition coefficient (Wildman–Crippen LogP) is 4.60. The van der Waals surface area contributed by atoms with Gasteiger partial charge in [-0.2, -0.15) is 16.3 Å². The zero-order valence-corrected chi connectivity index (χ0v) is 16.8. The van der Waals surface area contributed by atoms with Crippen LogP contribution in [0, 0.1) is 0 Å². The lowest BCUT2D eigenvalue weighted by Gasteiger charge is -2.29. The summed E-state index contributed by atoms with van der Waals surface area (Å²) in [4.78, 5) is 16.6. The predicted molar refractivity (Wildman–Crippen MR) is 108 cm³/mol. The Labute approximate surface area is 163 Å². The quantitative estimate of drug-likeness (QED) is 0.617. The van der Waals surface area contributed by atoms with Crippen LogP contribution in [0.3, 0.4) is 0 Å². The summed E-state index contributed by atoms with van der Waals surface area (Å²) in [6.45, 7) is 6.45. The molecule has 0 saturated carbocycles. The molecule has 3 aromatic rings. The summed E-state index contributed by atoms with van der Waals surface area (Å²) >= 11 is 1.59. The zero-order chi connectivity index (χ0) is 19.3. The largest absolute Gasteiger partial charge is 0.354 e. The fraction of sp³-hybridized carbons (Fsp3) is 0.381. The van der Waals surface area contributed by atoms with Gasteiger partial charge in [0.1, 0.15) is 0 Å². The smallest absolute Gasteiger partial charge is 0.227 e. The van der Waals surface area contributed by atoms with E-state index in [0.29, 0.717) is 24.6 Å². The summed E-state index contributed by atoms with van der Waals surface area (Å²) in [6, 6.07) is 12.4. The molecular weight excluding hydrogens is 358 g/mol. The number of amides is 1. The molecule has 1 amide bonds. The number of carbonyl (C=O) groups is 1. The van der Waals surface area contributed by atoms with Gasteiger partial charge in [-0.3, -0.25) is 4.79 Å². The monoisotopic (exact) mass is 383 g/mol. The van der Waals surface area contributed by atoms with Crippen molar-refractivity contribution in [2.75, 3.05) is 0 Å². The van der Waals surface area contributed by atoms with Crippen molar-refractivity contribution in [1.29, 1.82) is 0 Å². The molecule has 1 N–H and O–H groups in total. The molecule has 0 fully saturated rings. The van der Waals surface area contributed by atoms with Crippen molar-refractivity contribution in [3.63, 3.8) is 0 Å². The third kappa shape index (κ3) is 5.26. The molecule has 6 heteroatoms. The van der Waals surface area contributed by atoms with Crippen LogP contribution >= 0.6 is 11.3 Å². The van der Waals surface area contributed by atoms with E-state index >= 15 is 0 Å². The van der Waals surface area contributed by atoms with E-state index in [0.717, 1.165) is 12.0 Å². The summed E-state index contributed by atoms with van der Waals surface area (Å²) in [6.07, 6.45) is 1.64. The summed E-state index contributed by atoms with van der Waals surface area (Å²) in [5.41, 5.74) is 2.21. The van der Waals surface area contributed by atoms with Gasteiger partial charge in [-0.25, -0.2) is 0 Å². The van der Waals surface area contributed by atoms with E-state index in [1.54, 1.807) is 11.3 Å². The highest BCUT2D eigenvalue weighted by atomic mass is 32.1. The van der Waals surface area contributed by atoms with Crippen LogP contribution in [0.1, 0.15) is 45.1 Å². The number of nitrogens with zero attached hydrogens (tertiary/aromatic N) is 2. The maximum Gasteiger partial charge on any atom is 0.227 e. The van der Waals surface area contributed by atoms with Crippen LogP contribution in [0.15, 0.2) is 51.7 Å². The maximum absolute atomic E-state index is 12.3. The molecule has 3 rings (SSSR count). The van der Waals surface area contributed by atoms with Gasteiger partial charge in [0.25, 0.3) is 0 Å². The molecule has 2 aromatic heterocycles. The molecule has 142 valence electrons. The molecular formula is C21H25N3O2S. The Kier molecular flexibility index (Phi) is 6.06. The topological polar surface area (TPSA) is 68.0 Å². The molecule has 2 heterocycles. The molecule has 0 radical (unpaired) electrons. The Balaban J connectivity index is 1.48. The average Bonchev–Trinajstić information content (AvgIpc) is 3.31. The first-order chi connectivity index (χ1) is 12.9. The first-order valence-corrected chi connectivity index (χ1v) is 10.1. The van der Waals surface area contributed by atoms with Gasteiger partial charge in [-0.15, -0.1) is 0 Å². The number of thiophene rings is 1. The lowest BCUT2D eigenvalue weighted by molar-refractivity contribution is -0.121. The highest BCUT2D eigenvalue weighted by molar-refractivity contribution is 7.08. The number of carbonyl (C=O) groups excluding carboxylic acids is 1. The third-order valence-corrected chi connectivity index (χ3v) is 5.28. The molecule has 5 nitrogen and oxygen atoms in total. The zero-order valence-electron chi connectivity index (χ0n) is 15.9. The number of benzene rings is 1. The summed E-state index contributed by atoms with van der Waals surface area (Å²) in [5, 5.41) is 11.0. The summed E-state index contributed by atoms with van der Waals surface area (Å²) < 4.78 is 5.25. The standard InChI is InChI=1S/C21H25N3O2S/c1-15(13-21(2,3)17-7-5-4-6-8-17)22-18(25)9-10-19-23-20(24-26-19)16-11-12-27-14-16/h4-8,11-12,14-15H,9-10,13H2,1-3H3,(H,22,25). The van der Waals surface area contributed by atoms with E-state index in [4.69, 9.17) is 4.52 Å². The van der Waals surface area contributed by atoms with Gasteiger partial charge in [-0.1, -0.05) is 49.3 Å². The lowest BCUT2D eigenvalue weighted by atomic mass is 9.79. The van der Waals surface area contributed by atoms with Gasteiger partial charge < -0.3 is 9.84 Å². The summed E-state index contributed by atoms with van der Waals surface area (Å²) in [7, 11) is 0. The highest BCUT2D eigenvalue weighted by Crippen LogP contribution is 2.28. The van der Waals surface area contributed by atoms with Crippen LogP contribution in [-0.4, -0.2) is 22.1 Å². The molecule has 0 aliphatic carbocycles. The van der Waals surface area contributed by atoms with E-state index in [9.17, 15) is 4.79 Å². The Hall–Kier alpha value is -2.47. The number of hydrogen-bond donors (Lipinski definition) is 1. The van der Waals surface area contributed by atoms with Gasteiger partial charge in [0, 0.05) is 29.8 Å². The van der Waals surface area contributed by atoms with Gasteiger partial charge in [-0.05, 0) is 35.8 Å². The van der Waals surface area contributed by atoms with Gasteiger partial charge in [0.05, 0.1) is 0 Å². The van der Waals surface area contributed by atoms with Crippen molar-refractivity contribution in [3.8, 4) is 11.4 Å². The molecule has 0 aliphatic heterocycles. The Morgan fingerprint density at radius 3 is 2.74 bits per heavy atom. The number of aryl methyl sites for hydroxylation is 1. The maximum atomic E-state index is 12.3. The molecule has 0 saturated heterocycles. The van der Waals surface area contributed by atoms with E-state index in [1.165, 1.54) is 5.56 Å². The van der Waals surface area contributed by atoms with E-state index in [2.05, 4.69) is 53.6 Å². The molecule has 1 atom stereocenters. The van der Waals surface area contributed by atoms with Gasteiger partial charge in [0.2, 0.25) is 17.6 Å². The number of aromatic nitrogens is 2. The van der Waals surface area contributed by atoms with Crippen molar-refractivity contribution < 1.29 is 9.32 Å². The first-order valence-electron chi connectivity index (χ1n) is 9.14. The first kappa shape index (κ1) is 19.3. The minimum absolute atomic E-state index is 0.00152. The molecule has 0 spiro atoms. The number of rotatable bonds is 8. The Bertz CT molecular complexity index is 857. The molecule has 1 unspecified atom stereocenters. The van der Waals surface area contributed by atoms with Crippen molar-refractivity contribution in [2.45, 2.75) is 51.5 Å². The third-order valence-electron chi connectivity index (χ3n) is 4.59. The normalized spacial score (nSPS) is 12.7. The number of nitrogens with one attached hydrogen (secondary N) is 1. The van der Waals surface area contributed by atoms with Crippen molar-refractivity contribution in [3.05, 3.63) is 58.6 Å². The van der Waals surface area contributed by atoms with Crippen LogP contribution in [-0.2, 0) is 16.6 Å².